The molecular weight excluding hydrogens is 329 g/mol. The Morgan fingerprint density at radius 1 is 1.43 bits per heavy atom. The molecule has 1 unspecified atom stereocenters. The van der Waals surface area contributed by atoms with E-state index < -0.39 is 0 Å². The van der Waals surface area contributed by atoms with Crippen LogP contribution in [0.1, 0.15) is 17.4 Å². The van der Waals surface area contributed by atoms with Crippen LogP contribution < -0.4 is 11.1 Å². The molecule has 3 N–H and O–H groups in total. The molecule has 0 saturated carbocycles. The molecule has 2 rings (SSSR count). The van der Waals surface area contributed by atoms with Gasteiger partial charge in [0.15, 0.2) is 0 Å². The van der Waals surface area contributed by atoms with Crippen molar-refractivity contribution in [2.24, 2.45) is 11.7 Å². The standard InChI is InChI=1S/C14H15Cl2N3OS/c1-8(5-17)6-18-13(20)12-7-21-14(19-12)9-2-3-10(15)11(16)4-9/h2-4,7-8H,5-6,17H2,1H3,(H,18,20). The zero-order valence-corrected chi connectivity index (χ0v) is 13.7. The first kappa shape index (κ1) is 16.2. The van der Waals surface area contributed by atoms with Gasteiger partial charge >= 0.3 is 0 Å². The van der Waals surface area contributed by atoms with Gasteiger partial charge in [-0.3, -0.25) is 4.79 Å². The summed E-state index contributed by atoms with van der Waals surface area (Å²) in [6, 6.07) is 5.27. The largest absolute Gasteiger partial charge is 0.350 e. The fraction of sp³-hybridized carbons (Fsp3) is 0.286. The number of nitrogens with zero attached hydrogens (tertiary/aromatic N) is 1. The van der Waals surface area contributed by atoms with Crippen LogP contribution in [0.4, 0.5) is 0 Å². The Balaban J connectivity index is 2.10. The number of rotatable bonds is 5. The number of carbonyl (C=O) groups excluding carboxylic acids is 1. The summed E-state index contributed by atoms with van der Waals surface area (Å²) in [5, 5.41) is 6.22. The Labute approximate surface area is 137 Å². The Bertz CT molecular complexity index is 645. The summed E-state index contributed by atoms with van der Waals surface area (Å²) in [6.45, 7) is 3.04. The van der Waals surface area contributed by atoms with E-state index in [0.29, 0.717) is 28.8 Å². The lowest BCUT2D eigenvalue weighted by atomic mass is 10.2. The van der Waals surface area contributed by atoms with Gasteiger partial charge in [0.1, 0.15) is 10.7 Å². The van der Waals surface area contributed by atoms with E-state index in [-0.39, 0.29) is 11.8 Å². The van der Waals surface area contributed by atoms with Crippen molar-refractivity contribution in [3.63, 3.8) is 0 Å². The average Bonchev–Trinajstić information content (AvgIpc) is 2.97. The number of benzene rings is 1. The summed E-state index contributed by atoms with van der Waals surface area (Å²) < 4.78 is 0. The minimum atomic E-state index is -0.196. The number of amides is 1. The van der Waals surface area contributed by atoms with Crippen molar-refractivity contribution in [1.29, 1.82) is 0 Å². The second-order valence-corrected chi connectivity index (χ2v) is 6.39. The molecule has 0 radical (unpaired) electrons. The van der Waals surface area contributed by atoms with E-state index in [1.54, 1.807) is 17.5 Å². The lowest BCUT2D eigenvalue weighted by Gasteiger charge is -2.08. The maximum Gasteiger partial charge on any atom is 0.270 e. The first-order chi connectivity index (χ1) is 10.0. The van der Waals surface area contributed by atoms with Crippen LogP contribution in [0.3, 0.4) is 0 Å². The van der Waals surface area contributed by atoms with Crippen LogP contribution in [-0.4, -0.2) is 24.0 Å². The van der Waals surface area contributed by atoms with E-state index >= 15 is 0 Å². The molecule has 7 heteroatoms. The predicted octanol–water partition coefficient (Wildman–Crippen LogP) is 3.44. The molecule has 1 aromatic carbocycles. The highest BCUT2D eigenvalue weighted by molar-refractivity contribution is 7.13. The Morgan fingerprint density at radius 2 is 2.19 bits per heavy atom. The molecule has 4 nitrogen and oxygen atoms in total. The lowest BCUT2D eigenvalue weighted by molar-refractivity contribution is 0.0944. The minimum absolute atomic E-state index is 0.196. The van der Waals surface area contributed by atoms with Gasteiger partial charge in [-0.1, -0.05) is 36.2 Å². The molecule has 0 bridgehead atoms. The van der Waals surface area contributed by atoms with Crippen molar-refractivity contribution in [2.75, 3.05) is 13.1 Å². The van der Waals surface area contributed by atoms with E-state index in [1.807, 2.05) is 13.0 Å². The quantitative estimate of drug-likeness (QED) is 0.873. The topological polar surface area (TPSA) is 68.0 Å². The van der Waals surface area contributed by atoms with E-state index in [4.69, 9.17) is 28.9 Å². The van der Waals surface area contributed by atoms with Gasteiger partial charge in [0.25, 0.3) is 5.91 Å². The van der Waals surface area contributed by atoms with Crippen molar-refractivity contribution < 1.29 is 4.79 Å². The van der Waals surface area contributed by atoms with E-state index in [0.717, 1.165) is 10.6 Å². The number of carbonyl (C=O) groups is 1. The van der Waals surface area contributed by atoms with Gasteiger partial charge in [-0.05, 0) is 24.6 Å². The molecule has 1 aromatic heterocycles. The third-order valence-corrected chi connectivity index (χ3v) is 4.55. The molecule has 1 atom stereocenters. The van der Waals surface area contributed by atoms with E-state index in [9.17, 15) is 4.79 Å². The molecule has 0 fully saturated rings. The van der Waals surface area contributed by atoms with Crippen LogP contribution in [0, 0.1) is 5.92 Å². The highest BCUT2D eigenvalue weighted by Crippen LogP contribution is 2.30. The average molecular weight is 344 g/mol. The lowest BCUT2D eigenvalue weighted by Crippen LogP contribution is -2.31. The van der Waals surface area contributed by atoms with Gasteiger partial charge in [-0.15, -0.1) is 11.3 Å². The third kappa shape index (κ3) is 4.17. The fourth-order valence-electron chi connectivity index (χ4n) is 1.58. The molecule has 0 aliphatic heterocycles. The zero-order chi connectivity index (χ0) is 15.4. The van der Waals surface area contributed by atoms with E-state index in [2.05, 4.69) is 10.3 Å². The smallest absolute Gasteiger partial charge is 0.270 e. The number of thiazole rings is 1. The first-order valence-corrected chi connectivity index (χ1v) is 8.04. The molecule has 2 aromatic rings. The summed E-state index contributed by atoms with van der Waals surface area (Å²) in [5.74, 6) is 0.0417. The Morgan fingerprint density at radius 3 is 2.86 bits per heavy atom. The van der Waals surface area contributed by atoms with Gasteiger partial charge in [-0.25, -0.2) is 4.98 Å². The number of hydrogen-bond acceptors (Lipinski definition) is 4. The van der Waals surface area contributed by atoms with Gasteiger partial charge in [0.05, 0.1) is 10.0 Å². The van der Waals surface area contributed by atoms with Gasteiger partial charge in [0.2, 0.25) is 0 Å². The monoisotopic (exact) mass is 343 g/mol. The highest BCUT2D eigenvalue weighted by atomic mass is 35.5. The van der Waals surface area contributed by atoms with Crippen LogP contribution in [0.15, 0.2) is 23.6 Å². The van der Waals surface area contributed by atoms with Crippen LogP contribution in [0.2, 0.25) is 10.0 Å². The number of nitrogens with two attached hydrogens (primary N) is 1. The highest BCUT2D eigenvalue weighted by Gasteiger charge is 2.13. The summed E-state index contributed by atoms with van der Waals surface area (Å²) in [5.41, 5.74) is 6.75. The normalized spacial score (nSPS) is 12.2. The third-order valence-electron chi connectivity index (χ3n) is 2.92. The molecule has 0 aliphatic carbocycles. The number of nitrogens with one attached hydrogen (secondary N) is 1. The number of halogens is 2. The van der Waals surface area contributed by atoms with Gasteiger partial charge in [-0.2, -0.15) is 0 Å². The van der Waals surface area contributed by atoms with Gasteiger partial charge < -0.3 is 11.1 Å². The van der Waals surface area contributed by atoms with Gasteiger partial charge in [0, 0.05) is 17.5 Å². The molecule has 0 spiro atoms. The molecule has 0 aliphatic rings. The van der Waals surface area contributed by atoms with E-state index in [1.165, 1.54) is 11.3 Å². The van der Waals surface area contributed by atoms with Crippen LogP contribution >= 0.6 is 34.5 Å². The molecule has 21 heavy (non-hydrogen) atoms. The van der Waals surface area contributed by atoms with Crippen molar-refractivity contribution in [3.8, 4) is 10.6 Å². The Hall–Kier alpha value is -1.14. The van der Waals surface area contributed by atoms with Crippen molar-refractivity contribution >= 4 is 40.4 Å². The predicted molar refractivity (Wildman–Crippen MR) is 88.1 cm³/mol. The summed E-state index contributed by atoms with van der Waals surface area (Å²) >= 11 is 13.3. The summed E-state index contributed by atoms with van der Waals surface area (Å²) in [7, 11) is 0. The molecule has 1 amide bonds. The molecular formula is C14H15Cl2N3OS. The second kappa shape index (κ2) is 7.22. The fourth-order valence-corrected chi connectivity index (χ4v) is 2.68. The van der Waals surface area contributed by atoms with Crippen LogP contribution in [0.25, 0.3) is 10.6 Å². The number of aromatic nitrogens is 1. The molecule has 0 saturated heterocycles. The first-order valence-electron chi connectivity index (χ1n) is 6.40. The summed E-state index contributed by atoms with van der Waals surface area (Å²) in [4.78, 5) is 16.3. The Kier molecular flexibility index (Phi) is 5.58. The molecule has 1 heterocycles. The second-order valence-electron chi connectivity index (χ2n) is 4.72. The van der Waals surface area contributed by atoms with Crippen LogP contribution in [0.5, 0.6) is 0 Å². The maximum absolute atomic E-state index is 12.0. The number of hydrogen-bond donors (Lipinski definition) is 2. The SMILES string of the molecule is CC(CN)CNC(=O)c1csc(-c2ccc(Cl)c(Cl)c2)n1. The minimum Gasteiger partial charge on any atom is -0.350 e. The van der Waals surface area contributed by atoms with Crippen molar-refractivity contribution in [2.45, 2.75) is 6.92 Å². The van der Waals surface area contributed by atoms with Crippen molar-refractivity contribution in [1.82, 2.24) is 10.3 Å². The van der Waals surface area contributed by atoms with Crippen molar-refractivity contribution in [3.05, 3.63) is 39.3 Å². The van der Waals surface area contributed by atoms with Crippen LogP contribution in [-0.2, 0) is 0 Å². The molecule has 112 valence electrons. The zero-order valence-electron chi connectivity index (χ0n) is 11.4. The maximum atomic E-state index is 12.0. The summed E-state index contributed by atoms with van der Waals surface area (Å²) in [6.07, 6.45) is 0.